The molecule has 1 N–H and O–H groups in total. The quantitative estimate of drug-likeness (QED) is 0.762. The number of methoxy groups -OCH3 is 1. The second kappa shape index (κ2) is 6.60. The van der Waals surface area contributed by atoms with Gasteiger partial charge < -0.3 is 14.6 Å². The van der Waals surface area contributed by atoms with E-state index in [0.29, 0.717) is 25.0 Å². The molecule has 0 aromatic carbocycles. The van der Waals surface area contributed by atoms with Crippen molar-refractivity contribution in [3.8, 4) is 0 Å². The fraction of sp³-hybridized carbons (Fsp3) is 0.818. The van der Waals surface area contributed by atoms with Crippen molar-refractivity contribution >= 4 is 0 Å². The van der Waals surface area contributed by atoms with Gasteiger partial charge in [0, 0.05) is 19.6 Å². The third-order valence-electron chi connectivity index (χ3n) is 2.82. The van der Waals surface area contributed by atoms with Gasteiger partial charge in [0.15, 0.2) is 5.82 Å². The largest absolute Gasteiger partial charge is 0.384 e. The maximum Gasteiger partial charge on any atom is 0.231 e. The lowest BCUT2D eigenvalue weighted by Crippen LogP contribution is -2.30. The van der Waals surface area contributed by atoms with Gasteiger partial charge in [-0.2, -0.15) is 4.98 Å². The van der Waals surface area contributed by atoms with Gasteiger partial charge in [0.2, 0.25) is 5.89 Å². The maximum atomic E-state index is 5.25. The third kappa shape index (κ3) is 3.28. The summed E-state index contributed by atoms with van der Waals surface area (Å²) in [7, 11) is 3.62. The predicted molar refractivity (Wildman–Crippen MR) is 61.4 cm³/mol. The van der Waals surface area contributed by atoms with Crippen molar-refractivity contribution in [1.29, 1.82) is 0 Å². The van der Waals surface area contributed by atoms with Gasteiger partial charge in [0.25, 0.3) is 0 Å². The fourth-order valence-electron chi connectivity index (χ4n) is 1.73. The molecule has 0 radical (unpaired) electrons. The summed E-state index contributed by atoms with van der Waals surface area (Å²) in [6.07, 6.45) is 1.73. The average Bonchev–Trinajstić information content (AvgIpc) is 2.76. The fourth-order valence-corrected chi connectivity index (χ4v) is 1.73. The minimum Gasteiger partial charge on any atom is -0.384 e. The van der Waals surface area contributed by atoms with Gasteiger partial charge in [-0.3, -0.25) is 0 Å². The zero-order valence-corrected chi connectivity index (χ0v) is 10.5. The minimum atomic E-state index is 0.235. The predicted octanol–water partition coefficient (Wildman–Crippen LogP) is 1.36. The summed E-state index contributed by atoms with van der Waals surface area (Å²) in [5.74, 6) is 1.65. The van der Waals surface area contributed by atoms with Crippen molar-refractivity contribution < 1.29 is 9.26 Å². The Morgan fingerprint density at radius 2 is 2.25 bits per heavy atom. The van der Waals surface area contributed by atoms with Crippen LogP contribution in [0.3, 0.4) is 0 Å². The molecule has 1 aromatic rings. The Labute approximate surface area is 96.6 Å². The van der Waals surface area contributed by atoms with Gasteiger partial charge in [-0.05, 0) is 13.5 Å². The van der Waals surface area contributed by atoms with E-state index in [0.717, 1.165) is 12.2 Å². The first-order valence-electron chi connectivity index (χ1n) is 5.71. The molecule has 1 rings (SSSR count). The van der Waals surface area contributed by atoms with Gasteiger partial charge in [-0.25, -0.2) is 0 Å². The molecule has 16 heavy (non-hydrogen) atoms. The Hall–Kier alpha value is -0.940. The molecule has 5 heteroatoms. The van der Waals surface area contributed by atoms with Crippen LogP contribution in [-0.2, 0) is 11.2 Å². The summed E-state index contributed by atoms with van der Waals surface area (Å²) >= 11 is 0. The average molecular weight is 227 g/mol. The molecule has 1 heterocycles. The Morgan fingerprint density at radius 1 is 1.50 bits per heavy atom. The third-order valence-corrected chi connectivity index (χ3v) is 2.82. The molecule has 0 saturated carbocycles. The number of aromatic nitrogens is 2. The summed E-state index contributed by atoms with van der Waals surface area (Å²) in [6.45, 7) is 4.86. The molecule has 2 unspecified atom stereocenters. The van der Waals surface area contributed by atoms with E-state index in [1.165, 1.54) is 0 Å². The van der Waals surface area contributed by atoms with Gasteiger partial charge in [0.05, 0.1) is 12.5 Å². The normalized spacial score (nSPS) is 15.0. The second-order valence-corrected chi connectivity index (χ2v) is 3.88. The van der Waals surface area contributed by atoms with Crippen molar-refractivity contribution in [2.24, 2.45) is 0 Å². The van der Waals surface area contributed by atoms with Crippen LogP contribution in [0, 0.1) is 0 Å². The number of likely N-dealkylation sites (N-methyl/N-ethyl adjacent to an activating group) is 1. The molecule has 0 saturated heterocycles. The van der Waals surface area contributed by atoms with Crippen molar-refractivity contribution in [2.75, 3.05) is 20.8 Å². The molecule has 0 spiro atoms. The molecule has 92 valence electrons. The molecule has 0 amide bonds. The van der Waals surface area contributed by atoms with Crippen LogP contribution in [0.2, 0.25) is 0 Å². The minimum absolute atomic E-state index is 0.235. The molecule has 1 aromatic heterocycles. The Morgan fingerprint density at radius 3 is 2.81 bits per heavy atom. The Bertz CT molecular complexity index is 297. The number of ether oxygens (including phenoxy) is 1. The van der Waals surface area contributed by atoms with Gasteiger partial charge in [0.1, 0.15) is 0 Å². The Kier molecular flexibility index (Phi) is 5.42. The van der Waals surface area contributed by atoms with Crippen LogP contribution < -0.4 is 5.32 Å². The monoisotopic (exact) mass is 227 g/mol. The topological polar surface area (TPSA) is 60.2 Å². The number of nitrogens with zero attached hydrogens (tertiary/aromatic N) is 2. The summed E-state index contributed by atoms with van der Waals surface area (Å²) in [4.78, 5) is 4.37. The lowest BCUT2D eigenvalue weighted by molar-refractivity contribution is 0.199. The first-order valence-corrected chi connectivity index (χ1v) is 5.71. The highest BCUT2D eigenvalue weighted by atomic mass is 16.5. The van der Waals surface area contributed by atoms with Crippen LogP contribution in [0.15, 0.2) is 4.52 Å². The molecular formula is C11H21N3O2. The number of hydrogen-bond donors (Lipinski definition) is 1. The molecule has 0 aliphatic rings. The summed E-state index contributed by atoms with van der Waals surface area (Å²) in [6, 6.07) is 0.371. The number of nitrogens with one attached hydrogen (secondary N) is 1. The van der Waals surface area contributed by atoms with Crippen LogP contribution in [0.1, 0.15) is 37.9 Å². The van der Waals surface area contributed by atoms with Crippen LogP contribution in [0.25, 0.3) is 0 Å². The molecule has 0 fully saturated rings. The van der Waals surface area contributed by atoms with Crippen molar-refractivity contribution in [2.45, 2.75) is 38.6 Å². The van der Waals surface area contributed by atoms with Crippen molar-refractivity contribution in [3.63, 3.8) is 0 Å². The van der Waals surface area contributed by atoms with E-state index in [1.807, 2.05) is 7.05 Å². The van der Waals surface area contributed by atoms with Crippen molar-refractivity contribution in [1.82, 2.24) is 15.5 Å². The van der Waals surface area contributed by atoms with E-state index in [4.69, 9.17) is 9.26 Å². The standard InChI is InChI=1S/C11H21N3O2/c1-5-9(12-3)8(2)11-13-10(14-16-11)6-7-15-4/h8-9,12H,5-7H2,1-4H3. The molecule has 0 aliphatic carbocycles. The second-order valence-electron chi connectivity index (χ2n) is 3.88. The van der Waals surface area contributed by atoms with E-state index in [2.05, 4.69) is 29.3 Å². The van der Waals surface area contributed by atoms with Crippen LogP contribution in [0.4, 0.5) is 0 Å². The first-order chi connectivity index (χ1) is 7.72. The van der Waals surface area contributed by atoms with E-state index in [1.54, 1.807) is 7.11 Å². The zero-order chi connectivity index (χ0) is 12.0. The SMILES string of the molecule is CCC(NC)C(C)c1nc(CCOC)no1. The zero-order valence-electron chi connectivity index (χ0n) is 10.5. The van der Waals surface area contributed by atoms with Crippen LogP contribution in [0.5, 0.6) is 0 Å². The summed E-state index contributed by atoms with van der Waals surface area (Å²) < 4.78 is 10.2. The lowest BCUT2D eigenvalue weighted by Gasteiger charge is -2.18. The lowest BCUT2D eigenvalue weighted by atomic mass is 10.00. The van der Waals surface area contributed by atoms with E-state index in [-0.39, 0.29) is 5.92 Å². The van der Waals surface area contributed by atoms with Crippen LogP contribution >= 0.6 is 0 Å². The molecular weight excluding hydrogens is 206 g/mol. The molecule has 0 aliphatic heterocycles. The van der Waals surface area contributed by atoms with Gasteiger partial charge in [-0.1, -0.05) is 19.0 Å². The molecule has 2 atom stereocenters. The van der Waals surface area contributed by atoms with E-state index in [9.17, 15) is 0 Å². The summed E-state index contributed by atoms with van der Waals surface area (Å²) in [5.41, 5.74) is 0. The Balaban J connectivity index is 2.61. The van der Waals surface area contributed by atoms with Gasteiger partial charge in [-0.15, -0.1) is 0 Å². The highest BCUT2D eigenvalue weighted by molar-refractivity contribution is 4.97. The highest BCUT2D eigenvalue weighted by Gasteiger charge is 2.21. The molecule has 5 nitrogen and oxygen atoms in total. The number of rotatable bonds is 7. The highest BCUT2D eigenvalue weighted by Crippen LogP contribution is 2.19. The summed E-state index contributed by atoms with van der Waals surface area (Å²) in [5, 5.41) is 7.18. The number of hydrogen-bond acceptors (Lipinski definition) is 5. The van der Waals surface area contributed by atoms with Crippen molar-refractivity contribution in [3.05, 3.63) is 11.7 Å². The first kappa shape index (κ1) is 13.1. The van der Waals surface area contributed by atoms with Crippen LogP contribution in [-0.4, -0.2) is 36.9 Å². The van der Waals surface area contributed by atoms with E-state index >= 15 is 0 Å². The smallest absolute Gasteiger partial charge is 0.231 e. The van der Waals surface area contributed by atoms with E-state index < -0.39 is 0 Å². The van der Waals surface area contributed by atoms with Gasteiger partial charge >= 0.3 is 0 Å². The maximum absolute atomic E-state index is 5.25. The molecule has 0 bridgehead atoms.